The van der Waals surface area contributed by atoms with E-state index in [2.05, 4.69) is 65.8 Å². The smallest absolute Gasteiger partial charge is 0.192 e. The molecule has 1 aromatic heterocycles. The minimum Gasteiger partial charge on any atom is -0.496 e. The topological polar surface area (TPSA) is 58.5 Å². The molecule has 0 bridgehead atoms. The number of hydrogen-bond donors (Lipinski definition) is 2. The maximum Gasteiger partial charge on any atom is 0.192 e. The van der Waals surface area contributed by atoms with Gasteiger partial charge in [-0.1, -0.05) is 24.6 Å². The van der Waals surface area contributed by atoms with Gasteiger partial charge in [-0.2, -0.15) is 0 Å². The Morgan fingerprint density at radius 1 is 1.35 bits per heavy atom. The summed E-state index contributed by atoms with van der Waals surface area (Å²) in [6, 6.07) is 6.29. The van der Waals surface area contributed by atoms with E-state index in [1.54, 1.807) is 18.4 Å². The van der Waals surface area contributed by atoms with Gasteiger partial charge in [0.25, 0.3) is 0 Å². The molecule has 7 heteroatoms. The fraction of sp³-hybridized carbons (Fsp3) is 0.474. The number of nitrogens with one attached hydrogen (secondary N) is 2. The van der Waals surface area contributed by atoms with E-state index >= 15 is 0 Å². The van der Waals surface area contributed by atoms with E-state index in [4.69, 9.17) is 4.74 Å². The highest BCUT2D eigenvalue weighted by Gasteiger charge is 2.13. The average Bonchev–Trinajstić information content (AvgIpc) is 3.08. The number of aliphatic imine (C=N–C) groups is 1. The predicted octanol–water partition coefficient (Wildman–Crippen LogP) is 4.46. The molecule has 144 valence electrons. The Morgan fingerprint density at radius 2 is 2.12 bits per heavy atom. The standard InChI is InChI=1S/C19H28N4OS.HI/c1-6-18-23-15(12-25-18)11-21-19(20-7-2)22-14(4)16-10-13(3)8-9-17(16)24-5;/h8-10,12,14H,6-7,11H2,1-5H3,(H2,20,21,22);1H. The number of halogens is 1. The van der Waals surface area contributed by atoms with Crippen LogP contribution in [0.25, 0.3) is 0 Å². The van der Waals surface area contributed by atoms with Crippen molar-refractivity contribution in [3.63, 3.8) is 0 Å². The first-order chi connectivity index (χ1) is 12.1. The van der Waals surface area contributed by atoms with E-state index in [0.717, 1.165) is 40.9 Å². The Hall–Kier alpha value is -1.35. The van der Waals surface area contributed by atoms with Gasteiger partial charge in [0.1, 0.15) is 5.75 Å². The number of benzene rings is 1. The summed E-state index contributed by atoms with van der Waals surface area (Å²) >= 11 is 1.69. The van der Waals surface area contributed by atoms with Crippen LogP contribution < -0.4 is 15.4 Å². The molecule has 2 aromatic rings. The van der Waals surface area contributed by atoms with Crippen LogP contribution in [-0.4, -0.2) is 24.6 Å². The number of hydrogen-bond acceptors (Lipinski definition) is 4. The highest BCUT2D eigenvalue weighted by atomic mass is 127. The van der Waals surface area contributed by atoms with Crippen molar-refractivity contribution in [3.8, 4) is 5.75 Å². The summed E-state index contributed by atoms with van der Waals surface area (Å²) in [4.78, 5) is 9.25. The summed E-state index contributed by atoms with van der Waals surface area (Å²) in [7, 11) is 1.70. The van der Waals surface area contributed by atoms with Crippen LogP contribution in [0.15, 0.2) is 28.6 Å². The van der Waals surface area contributed by atoms with Crippen LogP contribution in [0.3, 0.4) is 0 Å². The van der Waals surface area contributed by atoms with Crippen molar-refractivity contribution in [2.24, 2.45) is 4.99 Å². The van der Waals surface area contributed by atoms with E-state index in [9.17, 15) is 0 Å². The monoisotopic (exact) mass is 488 g/mol. The minimum absolute atomic E-state index is 0. The molecule has 1 heterocycles. The van der Waals surface area contributed by atoms with Gasteiger partial charge >= 0.3 is 0 Å². The Morgan fingerprint density at radius 3 is 2.73 bits per heavy atom. The summed E-state index contributed by atoms with van der Waals surface area (Å²) in [6.07, 6.45) is 0.969. The maximum atomic E-state index is 5.50. The second-order valence-corrected chi connectivity index (χ2v) is 6.84. The maximum absolute atomic E-state index is 5.50. The van der Waals surface area contributed by atoms with Gasteiger partial charge in [-0.05, 0) is 33.3 Å². The molecule has 1 atom stereocenters. The van der Waals surface area contributed by atoms with Crippen molar-refractivity contribution in [1.82, 2.24) is 15.6 Å². The van der Waals surface area contributed by atoms with E-state index in [-0.39, 0.29) is 30.0 Å². The summed E-state index contributed by atoms with van der Waals surface area (Å²) in [5, 5.41) is 10.00. The third kappa shape index (κ3) is 6.42. The highest BCUT2D eigenvalue weighted by molar-refractivity contribution is 14.0. The molecule has 26 heavy (non-hydrogen) atoms. The SMILES string of the molecule is CCNC(=NCc1csc(CC)n1)NC(C)c1cc(C)ccc1OC.I. The molecule has 1 unspecified atom stereocenters. The number of guanidine groups is 1. The normalized spacial score (nSPS) is 12.3. The molecule has 0 saturated heterocycles. The predicted molar refractivity (Wildman–Crippen MR) is 121 cm³/mol. The Kier molecular flexibility index (Phi) is 9.93. The van der Waals surface area contributed by atoms with Gasteiger partial charge < -0.3 is 15.4 Å². The number of aromatic nitrogens is 1. The summed E-state index contributed by atoms with van der Waals surface area (Å²) in [5.41, 5.74) is 3.34. The molecular weight excluding hydrogens is 459 g/mol. The largest absolute Gasteiger partial charge is 0.496 e. The van der Waals surface area contributed by atoms with E-state index in [1.165, 1.54) is 5.56 Å². The summed E-state index contributed by atoms with van der Waals surface area (Å²) < 4.78 is 5.50. The fourth-order valence-electron chi connectivity index (χ4n) is 2.54. The molecule has 2 rings (SSSR count). The molecule has 2 N–H and O–H groups in total. The lowest BCUT2D eigenvalue weighted by Gasteiger charge is -2.20. The zero-order valence-electron chi connectivity index (χ0n) is 16.1. The molecule has 0 aliphatic rings. The lowest BCUT2D eigenvalue weighted by atomic mass is 10.0. The first-order valence-corrected chi connectivity index (χ1v) is 9.58. The van der Waals surface area contributed by atoms with Gasteiger partial charge in [-0.25, -0.2) is 9.98 Å². The van der Waals surface area contributed by atoms with Crippen LogP contribution in [0.4, 0.5) is 0 Å². The van der Waals surface area contributed by atoms with Crippen molar-refractivity contribution < 1.29 is 4.74 Å². The van der Waals surface area contributed by atoms with Crippen molar-refractivity contribution in [2.75, 3.05) is 13.7 Å². The molecule has 0 fully saturated rings. The molecule has 5 nitrogen and oxygen atoms in total. The number of nitrogens with zero attached hydrogens (tertiary/aromatic N) is 2. The average molecular weight is 488 g/mol. The first kappa shape index (κ1) is 22.7. The zero-order valence-corrected chi connectivity index (χ0v) is 19.3. The number of methoxy groups -OCH3 is 1. The first-order valence-electron chi connectivity index (χ1n) is 8.70. The number of ether oxygens (including phenoxy) is 1. The van der Waals surface area contributed by atoms with E-state index in [0.29, 0.717) is 6.54 Å². The summed E-state index contributed by atoms with van der Waals surface area (Å²) in [6.45, 7) is 9.76. The molecule has 0 saturated carbocycles. The molecule has 1 aromatic carbocycles. The quantitative estimate of drug-likeness (QED) is 0.344. The van der Waals surface area contributed by atoms with Gasteiger partial charge in [0, 0.05) is 17.5 Å². The van der Waals surface area contributed by atoms with Crippen molar-refractivity contribution in [2.45, 2.75) is 46.7 Å². The van der Waals surface area contributed by atoms with Crippen molar-refractivity contribution >= 4 is 41.3 Å². The van der Waals surface area contributed by atoms with Crippen LogP contribution in [0.5, 0.6) is 5.75 Å². The molecule has 0 radical (unpaired) electrons. The highest BCUT2D eigenvalue weighted by Crippen LogP contribution is 2.26. The zero-order chi connectivity index (χ0) is 18.2. The lowest BCUT2D eigenvalue weighted by Crippen LogP contribution is -2.38. The Labute approximate surface area is 177 Å². The third-order valence-corrected chi connectivity index (χ3v) is 4.89. The fourth-order valence-corrected chi connectivity index (χ4v) is 3.27. The number of aryl methyl sites for hydroxylation is 2. The van der Waals surface area contributed by atoms with Gasteiger partial charge in [0.05, 0.1) is 30.4 Å². The Balaban J connectivity index is 0.00000338. The molecular formula is C19H29IN4OS. The van der Waals surface area contributed by atoms with Gasteiger partial charge in [-0.3, -0.25) is 0 Å². The van der Waals surface area contributed by atoms with Gasteiger partial charge in [0.2, 0.25) is 0 Å². The van der Waals surface area contributed by atoms with Crippen LogP contribution in [0.1, 0.15) is 48.6 Å². The van der Waals surface area contributed by atoms with Crippen LogP contribution in [-0.2, 0) is 13.0 Å². The second-order valence-electron chi connectivity index (χ2n) is 5.89. The van der Waals surface area contributed by atoms with Crippen LogP contribution in [0, 0.1) is 6.92 Å². The van der Waals surface area contributed by atoms with Crippen LogP contribution in [0.2, 0.25) is 0 Å². The van der Waals surface area contributed by atoms with Gasteiger partial charge in [0.15, 0.2) is 5.96 Å². The molecule has 0 aliphatic heterocycles. The van der Waals surface area contributed by atoms with E-state index in [1.807, 2.05) is 6.07 Å². The third-order valence-electron chi connectivity index (χ3n) is 3.85. The van der Waals surface area contributed by atoms with Crippen molar-refractivity contribution in [1.29, 1.82) is 0 Å². The van der Waals surface area contributed by atoms with Crippen molar-refractivity contribution in [3.05, 3.63) is 45.4 Å². The van der Waals surface area contributed by atoms with E-state index < -0.39 is 0 Å². The molecule has 0 aliphatic carbocycles. The lowest BCUT2D eigenvalue weighted by molar-refractivity contribution is 0.405. The number of thiazole rings is 1. The number of rotatable bonds is 7. The second kappa shape index (κ2) is 11.4. The molecule has 0 amide bonds. The summed E-state index contributed by atoms with van der Waals surface area (Å²) in [5.74, 6) is 1.66. The van der Waals surface area contributed by atoms with Crippen LogP contribution >= 0.6 is 35.3 Å². The Bertz CT molecular complexity index is 717. The van der Waals surface area contributed by atoms with Gasteiger partial charge in [-0.15, -0.1) is 35.3 Å². The molecule has 0 spiro atoms. The minimum atomic E-state index is 0.